The van der Waals surface area contributed by atoms with Crippen molar-refractivity contribution in [1.29, 1.82) is 0 Å². The number of esters is 1. The Hall–Kier alpha value is -3.89. The molecule has 0 spiro atoms. The van der Waals surface area contributed by atoms with Crippen LogP contribution in [0.3, 0.4) is 0 Å². The van der Waals surface area contributed by atoms with Gasteiger partial charge in [-0.25, -0.2) is 14.6 Å². The van der Waals surface area contributed by atoms with Crippen molar-refractivity contribution in [3.8, 4) is 5.75 Å². The fourth-order valence-corrected chi connectivity index (χ4v) is 8.92. The summed E-state index contributed by atoms with van der Waals surface area (Å²) in [5.41, 5.74) is -0.0894. The number of para-hydroxylation sites is 3. The topological polar surface area (TPSA) is 101 Å². The van der Waals surface area contributed by atoms with Crippen molar-refractivity contribution in [3.63, 3.8) is 0 Å². The van der Waals surface area contributed by atoms with Crippen molar-refractivity contribution in [3.05, 3.63) is 99.0 Å². The Bertz CT molecular complexity index is 1710. The second-order valence-corrected chi connectivity index (χ2v) is 13.2. The molecule has 4 atom stereocenters. The minimum Gasteiger partial charge on any atom is -0.423 e. The lowest BCUT2D eigenvalue weighted by Gasteiger charge is -2.55. The van der Waals surface area contributed by atoms with Crippen LogP contribution < -0.4 is 14.5 Å². The summed E-state index contributed by atoms with van der Waals surface area (Å²) in [7, 11) is 0. The molecule has 2 aliphatic heterocycles. The number of allylic oxidation sites excluding steroid dienone is 1. The van der Waals surface area contributed by atoms with Gasteiger partial charge in [-0.1, -0.05) is 55.0 Å². The molecule has 0 radical (unpaired) electrons. The van der Waals surface area contributed by atoms with Crippen LogP contribution in [0.2, 0.25) is 0 Å². The summed E-state index contributed by atoms with van der Waals surface area (Å²) in [5.74, 6) is -7.17. The second kappa shape index (κ2) is 9.82. The third-order valence-electron chi connectivity index (χ3n) is 9.55. The van der Waals surface area contributed by atoms with Crippen LogP contribution >= 0.6 is 31.9 Å². The molecule has 216 valence electrons. The predicted octanol–water partition coefficient (Wildman–Crippen LogP) is 5.69. The van der Waals surface area contributed by atoms with E-state index in [9.17, 15) is 24.0 Å². The van der Waals surface area contributed by atoms with Gasteiger partial charge in [-0.15, -0.1) is 0 Å². The van der Waals surface area contributed by atoms with Gasteiger partial charge in [0.25, 0.3) is 0 Å². The number of ether oxygens (including phenoxy) is 1. The van der Waals surface area contributed by atoms with E-state index < -0.39 is 64.6 Å². The maximum absolute atomic E-state index is 14.4. The maximum atomic E-state index is 14.4. The van der Waals surface area contributed by atoms with Gasteiger partial charge in [0.05, 0.1) is 35.0 Å². The molecule has 4 unspecified atom stereocenters. The van der Waals surface area contributed by atoms with E-state index in [1.54, 1.807) is 92.7 Å². The van der Waals surface area contributed by atoms with Crippen molar-refractivity contribution in [2.24, 2.45) is 35.0 Å². The maximum Gasteiger partial charge on any atom is 0.339 e. The lowest BCUT2D eigenvalue weighted by atomic mass is 9.43. The number of hydrogen-bond acceptors (Lipinski definition) is 6. The van der Waals surface area contributed by atoms with Crippen LogP contribution in [-0.4, -0.2) is 29.6 Å². The minimum absolute atomic E-state index is 0.175. The zero-order chi connectivity index (χ0) is 30.4. The molecule has 3 fully saturated rings. The smallest absolute Gasteiger partial charge is 0.339 e. The van der Waals surface area contributed by atoms with Gasteiger partial charge in [-0.2, -0.15) is 0 Å². The van der Waals surface area contributed by atoms with Gasteiger partial charge in [0.1, 0.15) is 5.75 Å². The molecule has 1 saturated carbocycles. The first-order valence-electron chi connectivity index (χ1n) is 13.8. The van der Waals surface area contributed by atoms with Gasteiger partial charge in [-0.05, 0) is 75.2 Å². The Labute approximate surface area is 263 Å². The Morgan fingerprint density at radius 1 is 0.674 bits per heavy atom. The number of nitrogens with zero attached hydrogens (tertiary/aromatic N) is 2. The molecule has 2 saturated heterocycles. The Balaban J connectivity index is 1.42. The molecule has 4 amide bonds. The highest BCUT2D eigenvalue weighted by atomic mass is 79.9. The van der Waals surface area contributed by atoms with Crippen molar-refractivity contribution >= 4 is 72.8 Å². The van der Waals surface area contributed by atoms with Gasteiger partial charge < -0.3 is 4.74 Å². The molecule has 3 aromatic rings. The molecule has 8 nitrogen and oxygen atoms in total. The highest BCUT2D eigenvalue weighted by molar-refractivity contribution is 9.11. The van der Waals surface area contributed by atoms with E-state index in [4.69, 9.17) is 4.74 Å². The largest absolute Gasteiger partial charge is 0.423 e. The Morgan fingerprint density at radius 3 is 1.58 bits per heavy atom. The summed E-state index contributed by atoms with van der Waals surface area (Å²) < 4.78 is 6.89. The third kappa shape index (κ3) is 3.69. The molecule has 0 aromatic heterocycles. The zero-order valence-electron chi connectivity index (χ0n) is 23.0. The summed E-state index contributed by atoms with van der Waals surface area (Å²) >= 11 is 6.92. The number of amides is 4. The van der Waals surface area contributed by atoms with Gasteiger partial charge in [0, 0.05) is 25.9 Å². The van der Waals surface area contributed by atoms with Crippen LogP contribution in [0.25, 0.3) is 0 Å². The molecule has 10 heteroatoms. The first-order valence-corrected chi connectivity index (χ1v) is 15.4. The fourth-order valence-electron chi connectivity index (χ4n) is 7.99. The van der Waals surface area contributed by atoms with Crippen LogP contribution in [0.5, 0.6) is 5.75 Å². The number of anilines is 2. The zero-order valence-corrected chi connectivity index (χ0v) is 26.2. The van der Waals surface area contributed by atoms with E-state index in [2.05, 4.69) is 31.9 Å². The second-order valence-electron chi connectivity index (χ2n) is 11.5. The van der Waals surface area contributed by atoms with Crippen LogP contribution in [0, 0.1) is 35.0 Å². The summed E-state index contributed by atoms with van der Waals surface area (Å²) in [5, 5.41) is 0. The Morgan fingerprint density at radius 2 is 1.12 bits per heavy atom. The summed E-state index contributed by atoms with van der Waals surface area (Å²) in [6, 6.07) is 22.3. The highest BCUT2D eigenvalue weighted by Gasteiger charge is 2.77. The van der Waals surface area contributed by atoms with Crippen LogP contribution in [0.4, 0.5) is 11.4 Å². The van der Waals surface area contributed by atoms with E-state index in [0.717, 1.165) is 9.80 Å². The van der Waals surface area contributed by atoms with E-state index in [0.29, 0.717) is 31.6 Å². The number of carbonyl (C=O) groups excluding carboxylic acids is 5. The minimum atomic E-state index is -1.51. The third-order valence-corrected chi connectivity index (χ3v) is 10.9. The molecule has 2 heterocycles. The average Bonchev–Trinajstić information content (AvgIpc) is 3.40. The fraction of sp³-hybridized carbons (Fsp3) is 0.242. The Kier molecular flexibility index (Phi) is 6.37. The van der Waals surface area contributed by atoms with Gasteiger partial charge in [-0.3, -0.25) is 19.2 Å². The van der Waals surface area contributed by atoms with Crippen LogP contribution in [0.1, 0.15) is 13.8 Å². The molecular formula is C33H24Br2N2O6. The normalized spacial score (nSPS) is 29.3. The quantitative estimate of drug-likeness (QED) is 0.197. The first kappa shape index (κ1) is 27.9. The molecule has 3 aromatic carbocycles. The van der Waals surface area contributed by atoms with Crippen molar-refractivity contribution in [2.75, 3.05) is 9.80 Å². The first-order chi connectivity index (χ1) is 20.6. The van der Waals surface area contributed by atoms with Crippen LogP contribution in [-0.2, 0) is 24.0 Å². The van der Waals surface area contributed by atoms with Gasteiger partial charge >= 0.3 is 5.97 Å². The molecule has 5 aliphatic rings. The molecule has 3 aliphatic carbocycles. The summed E-state index contributed by atoms with van der Waals surface area (Å²) in [4.78, 5) is 73.6. The van der Waals surface area contributed by atoms with Crippen molar-refractivity contribution < 1.29 is 28.7 Å². The number of benzene rings is 3. The van der Waals surface area contributed by atoms with E-state index in [1.165, 1.54) is 0 Å². The number of carbonyl (C=O) groups is 5. The van der Waals surface area contributed by atoms with Crippen molar-refractivity contribution in [2.45, 2.75) is 13.8 Å². The standard InChI is InChI=1S/C33H24Br2N2O6/c1-16-22-23-26(30(40)36(28(23)38)20-14-8-6-12-18(20)34)33(2,25(16)32(42)43-17-10-4-3-5-11-17)27-24(22)29(39)37(31(27)41)21-15-9-7-13-19(21)35/h3-15,22-24,26-27H,1-2H3. The molecule has 2 bridgehead atoms. The molecule has 8 rings (SSSR count). The van der Waals surface area contributed by atoms with E-state index >= 15 is 0 Å². The highest BCUT2D eigenvalue weighted by Crippen LogP contribution is 2.69. The molecule has 0 N–H and O–H groups in total. The molecular weight excluding hydrogens is 680 g/mol. The van der Waals surface area contributed by atoms with Gasteiger partial charge in [0.2, 0.25) is 23.6 Å². The molecule has 43 heavy (non-hydrogen) atoms. The SMILES string of the molecule is CC1=C(C(=O)Oc2ccccc2)C2(C)C3C(=O)N(c4ccccc4Br)C(=O)C3C1C1C(=O)N(c3ccccc3Br)C(=O)C12. The predicted molar refractivity (Wildman–Crippen MR) is 164 cm³/mol. The van der Waals surface area contributed by atoms with Crippen LogP contribution in [0.15, 0.2) is 99.0 Å². The number of hydrogen-bond donors (Lipinski definition) is 0. The van der Waals surface area contributed by atoms with E-state index in [-0.39, 0.29) is 5.57 Å². The summed E-state index contributed by atoms with van der Waals surface area (Å²) in [6.45, 7) is 3.39. The van der Waals surface area contributed by atoms with Crippen molar-refractivity contribution in [1.82, 2.24) is 0 Å². The lowest BCUT2D eigenvalue weighted by Crippen LogP contribution is -2.61. The number of imide groups is 2. The number of halogens is 2. The number of rotatable bonds is 4. The van der Waals surface area contributed by atoms with Gasteiger partial charge in [0.15, 0.2) is 0 Å². The van der Waals surface area contributed by atoms with E-state index in [1.807, 2.05) is 0 Å². The monoisotopic (exact) mass is 702 g/mol. The lowest BCUT2D eigenvalue weighted by molar-refractivity contribution is -0.152. The summed E-state index contributed by atoms with van der Waals surface area (Å²) in [6.07, 6.45) is 0. The average molecular weight is 704 g/mol.